The van der Waals surface area contributed by atoms with Gasteiger partial charge in [0.15, 0.2) is 0 Å². The number of carbonyl (C=O) groups is 2. The Morgan fingerprint density at radius 3 is 2.36 bits per heavy atom. The molecule has 5 nitrogen and oxygen atoms in total. The number of halogens is 1. The van der Waals surface area contributed by atoms with Crippen LogP contribution in [0.15, 0.2) is 54.6 Å². The molecule has 2 aromatic carbocycles. The van der Waals surface area contributed by atoms with Gasteiger partial charge < -0.3 is 16.0 Å². The van der Waals surface area contributed by atoms with E-state index in [1.54, 1.807) is 6.07 Å². The molecule has 1 aliphatic rings. The lowest BCUT2D eigenvalue weighted by molar-refractivity contribution is -0.127. The van der Waals surface area contributed by atoms with Gasteiger partial charge in [-0.05, 0) is 42.5 Å². The third-order valence-electron chi connectivity index (χ3n) is 5.13. The SMILES string of the molecule is O=C(NCc1ccccc1)NC1(C(=O)NCCc2cccc(F)c2)CCCC1. The summed E-state index contributed by atoms with van der Waals surface area (Å²) in [6, 6.07) is 15.6. The van der Waals surface area contributed by atoms with Crippen molar-refractivity contribution >= 4 is 11.9 Å². The van der Waals surface area contributed by atoms with E-state index in [1.165, 1.54) is 12.1 Å². The highest BCUT2D eigenvalue weighted by Gasteiger charge is 2.42. The zero-order valence-corrected chi connectivity index (χ0v) is 15.8. The molecular weight excluding hydrogens is 357 g/mol. The molecule has 2 aromatic rings. The largest absolute Gasteiger partial charge is 0.354 e. The maximum absolute atomic E-state index is 13.3. The molecule has 3 N–H and O–H groups in total. The molecule has 0 aromatic heterocycles. The predicted molar refractivity (Wildman–Crippen MR) is 106 cm³/mol. The first-order valence-corrected chi connectivity index (χ1v) is 9.70. The number of rotatable bonds is 7. The van der Waals surface area contributed by atoms with E-state index in [1.807, 2.05) is 36.4 Å². The summed E-state index contributed by atoms with van der Waals surface area (Å²) in [6.45, 7) is 0.807. The minimum absolute atomic E-state index is 0.170. The van der Waals surface area contributed by atoms with Gasteiger partial charge in [0, 0.05) is 13.1 Å². The second-order valence-electron chi connectivity index (χ2n) is 7.22. The first-order valence-electron chi connectivity index (χ1n) is 9.70. The summed E-state index contributed by atoms with van der Waals surface area (Å²) in [6.07, 6.45) is 3.58. The fraction of sp³-hybridized carbons (Fsp3) is 0.364. The molecule has 0 heterocycles. The monoisotopic (exact) mass is 383 g/mol. The van der Waals surface area contributed by atoms with Crippen LogP contribution in [-0.2, 0) is 17.8 Å². The van der Waals surface area contributed by atoms with Gasteiger partial charge in [-0.25, -0.2) is 9.18 Å². The van der Waals surface area contributed by atoms with Crippen molar-refractivity contribution in [2.24, 2.45) is 0 Å². The number of nitrogens with one attached hydrogen (secondary N) is 3. The average molecular weight is 383 g/mol. The highest BCUT2D eigenvalue weighted by Crippen LogP contribution is 2.30. The van der Waals surface area contributed by atoms with Crippen molar-refractivity contribution in [2.45, 2.75) is 44.2 Å². The summed E-state index contributed by atoms with van der Waals surface area (Å²) in [5, 5.41) is 8.63. The third-order valence-corrected chi connectivity index (χ3v) is 5.13. The fourth-order valence-corrected chi connectivity index (χ4v) is 3.61. The number of benzene rings is 2. The Morgan fingerprint density at radius 1 is 0.929 bits per heavy atom. The van der Waals surface area contributed by atoms with Crippen molar-refractivity contribution in [3.8, 4) is 0 Å². The maximum atomic E-state index is 13.3. The molecule has 0 radical (unpaired) electrons. The molecule has 6 heteroatoms. The van der Waals surface area contributed by atoms with E-state index in [0.29, 0.717) is 32.4 Å². The molecule has 1 fully saturated rings. The number of carbonyl (C=O) groups excluding carboxylic acids is 2. The first-order chi connectivity index (χ1) is 13.6. The summed E-state index contributed by atoms with van der Waals surface area (Å²) in [5.41, 5.74) is 0.954. The van der Waals surface area contributed by atoms with E-state index >= 15 is 0 Å². The highest BCUT2D eigenvalue weighted by molar-refractivity contribution is 5.91. The zero-order chi connectivity index (χ0) is 19.8. The van der Waals surface area contributed by atoms with Crippen molar-refractivity contribution in [3.63, 3.8) is 0 Å². The van der Waals surface area contributed by atoms with Gasteiger partial charge in [0.05, 0.1) is 0 Å². The van der Waals surface area contributed by atoms with E-state index < -0.39 is 5.54 Å². The van der Waals surface area contributed by atoms with Gasteiger partial charge in [0.25, 0.3) is 0 Å². The third kappa shape index (κ3) is 5.31. The normalized spacial score (nSPS) is 15.0. The summed E-state index contributed by atoms with van der Waals surface area (Å²) >= 11 is 0. The minimum Gasteiger partial charge on any atom is -0.354 e. The topological polar surface area (TPSA) is 70.2 Å². The molecule has 148 valence electrons. The molecule has 0 bridgehead atoms. The lowest BCUT2D eigenvalue weighted by Gasteiger charge is -2.29. The Bertz CT molecular complexity index is 804. The van der Waals surface area contributed by atoms with Crippen LogP contribution in [0, 0.1) is 5.82 Å². The fourth-order valence-electron chi connectivity index (χ4n) is 3.61. The second kappa shape index (κ2) is 9.35. The van der Waals surface area contributed by atoms with E-state index in [-0.39, 0.29) is 17.8 Å². The van der Waals surface area contributed by atoms with Crippen molar-refractivity contribution in [1.29, 1.82) is 0 Å². The van der Waals surface area contributed by atoms with Gasteiger partial charge >= 0.3 is 6.03 Å². The van der Waals surface area contributed by atoms with Crippen LogP contribution in [0.25, 0.3) is 0 Å². The molecule has 0 aliphatic heterocycles. The van der Waals surface area contributed by atoms with Gasteiger partial charge in [-0.3, -0.25) is 4.79 Å². The standard InChI is InChI=1S/C22H26FN3O2/c23-19-10-6-9-17(15-19)11-14-24-20(27)22(12-4-5-13-22)26-21(28)25-16-18-7-2-1-3-8-18/h1-3,6-10,15H,4-5,11-14,16H2,(H,24,27)(H2,25,26,28). The number of hydrogen-bond donors (Lipinski definition) is 3. The van der Waals surface area contributed by atoms with Crippen molar-refractivity contribution in [2.75, 3.05) is 6.54 Å². The van der Waals surface area contributed by atoms with E-state index in [0.717, 1.165) is 24.0 Å². The summed E-state index contributed by atoms with van der Waals surface area (Å²) in [7, 11) is 0. The lowest BCUT2D eigenvalue weighted by Crippen LogP contribution is -2.59. The van der Waals surface area contributed by atoms with Gasteiger partial charge in [-0.1, -0.05) is 55.3 Å². The van der Waals surface area contributed by atoms with Crippen LogP contribution in [-0.4, -0.2) is 24.0 Å². The van der Waals surface area contributed by atoms with E-state index in [4.69, 9.17) is 0 Å². The molecule has 3 amide bonds. The highest BCUT2D eigenvalue weighted by atomic mass is 19.1. The molecule has 0 unspecified atom stereocenters. The Balaban J connectivity index is 1.52. The van der Waals surface area contributed by atoms with Crippen LogP contribution in [0.3, 0.4) is 0 Å². The van der Waals surface area contributed by atoms with Crippen LogP contribution in [0.1, 0.15) is 36.8 Å². The lowest BCUT2D eigenvalue weighted by atomic mass is 9.96. The maximum Gasteiger partial charge on any atom is 0.315 e. The van der Waals surface area contributed by atoms with E-state index in [9.17, 15) is 14.0 Å². The van der Waals surface area contributed by atoms with Gasteiger partial charge in [0.2, 0.25) is 5.91 Å². The van der Waals surface area contributed by atoms with Crippen molar-refractivity contribution in [1.82, 2.24) is 16.0 Å². The zero-order valence-electron chi connectivity index (χ0n) is 15.8. The molecular formula is C22H26FN3O2. The van der Waals surface area contributed by atoms with Crippen LogP contribution in [0.4, 0.5) is 9.18 Å². The molecule has 0 saturated heterocycles. The molecule has 1 aliphatic carbocycles. The van der Waals surface area contributed by atoms with Gasteiger partial charge in [-0.15, -0.1) is 0 Å². The molecule has 0 spiro atoms. The van der Waals surface area contributed by atoms with Gasteiger partial charge in [-0.2, -0.15) is 0 Å². The summed E-state index contributed by atoms with van der Waals surface area (Å²) in [4.78, 5) is 25.2. The Hall–Kier alpha value is -2.89. The van der Waals surface area contributed by atoms with E-state index in [2.05, 4.69) is 16.0 Å². The van der Waals surface area contributed by atoms with Crippen LogP contribution in [0.2, 0.25) is 0 Å². The quantitative estimate of drug-likeness (QED) is 0.687. The Kier molecular flexibility index (Phi) is 6.63. The minimum atomic E-state index is -0.872. The first kappa shape index (κ1) is 19.9. The Labute approximate surface area is 164 Å². The second-order valence-corrected chi connectivity index (χ2v) is 7.22. The molecule has 1 saturated carbocycles. The summed E-state index contributed by atoms with van der Waals surface area (Å²) < 4.78 is 13.3. The molecule has 28 heavy (non-hydrogen) atoms. The predicted octanol–water partition coefficient (Wildman–Crippen LogP) is 3.30. The smallest absolute Gasteiger partial charge is 0.315 e. The van der Waals surface area contributed by atoms with Crippen LogP contribution >= 0.6 is 0 Å². The molecule has 3 rings (SSSR count). The van der Waals surface area contributed by atoms with Crippen molar-refractivity contribution in [3.05, 3.63) is 71.5 Å². The number of amides is 3. The number of hydrogen-bond acceptors (Lipinski definition) is 2. The van der Waals surface area contributed by atoms with Crippen LogP contribution in [0.5, 0.6) is 0 Å². The Morgan fingerprint density at radius 2 is 1.64 bits per heavy atom. The number of urea groups is 1. The van der Waals surface area contributed by atoms with Crippen molar-refractivity contribution < 1.29 is 14.0 Å². The van der Waals surface area contributed by atoms with Gasteiger partial charge in [0.1, 0.15) is 11.4 Å². The van der Waals surface area contributed by atoms with Crippen LogP contribution < -0.4 is 16.0 Å². The average Bonchev–Trinajstić information content (AvgIpc) is 3.17. The molecule has 0 atom stereocenters. The summed E-state index contributed by atoms with van der Waals surface area (Å²) in [5.74, 6) is -0.455.